The molecule has 130 valence electrons. The molecule has 0 fully saturated rings. The van der Waals surface area contributed by atoms with E-state index in [1.165, 1.54) is 16.7 Å². The van der Waals surface area contributed by atoms with E-state index >= 15 is 0 Å². The summed E-state index contributed by atoms with van der Waals surface area (Å²) in [5.41, 5.74) is 7.47. The van der Waals surface area contributed by atoms with Crippen LogP contribution in [0.5, 0.6) is 0 Å². The minimum atomic E-state index is 0.0632. The predicted molar refractivity (Wildman–Crippen MR) is 105 cm³/mol. The van der Waals surface area contributed by atoms with Crippen LogP contribution in [0.4, 0.5) is 0 Å². The molecular weight excluding hydrogens is 308 g/mol. The number of aromatic nitrogens is 2. The summed E-state index contributed by atoms with van der Waals surface area (Å²) in [5.74, 6) is 0. The van der Waals surface area contributed by atoms with Gasteiger partial charge >= 0.3 is 0 Å². The van der Waals surface area contributed by atoms with E-state index in [0.29, 0.717) is 0 Å². The van der Waals surface area contributed by atoms with Gasteiger partial charge in [-0.25, -0.2) is 4.68 Å². The topological polar surface area (TPSA) is 37.8 Å². The highest BCUT2D eigenvalue weighted by Crippen LogP contribution is 2.23. The summed E-state index contributed by atoms with van der Waals surface area (Å²) in [7, 11) is 0. The van der Waals surface area contributed by atoms with Crippen molar-refractivity contribution < 1.29 is 0 Å². The molecule has 0 unspecified atom stereocenters. The first-order valence-corrected chi connectivity index (χ1v) is 9.00. The molecule has 0 radical (unpaired) electrons. The standard InChI is InChI=1S/C22H26N2O/c1-5-6-10-20-21(18-9-7-8-15(2)13-18)23-24(22(20)25)19-12-11-16(3)17(4)14-19/h7-9,11-14,23H,5-6,10H2,1-4H3. The van der Waals surface area contributed by atoms with Gasteiger partial charge in [0.15, 0.2) is 0 Å². The number of nitrogens with one attached hydrogen (secondary N) is 1. The number of nitrogens with zero attached hydrogens (tertiary/aromatic N) is 1. The molecule has 0 spiro atoms. The number of hydrogen-bond acceptors (Lipinski definition) is 1. The Labute approximate surface area is 149 Å². The lowest BCUT2D eigenvalue weighted by Crippen LogP contribution is -2.17. The Bertz CT molecular complexity index is 947. The van der Waals surface area contributed by atoms with Crippen molar-refractivity contribution >= 4 is 0 Å². The summed E-state index contributed by atoms with van der Waals surface area (Å²) >= 11 is 0. The SMILES string of the molecule is CCCCc1c(-c2cccc(C)c2)[nH]n(-c2ccc(C)c(C)c2)c1=O. The minimum absolute atomic E-state index is 0.0632. The minimum Gasteiger partial charge on any atom is -0.290 e. The molecule has 2 aromatic carbocycles. The van der Waals surface area contributed by atoms with E-state index in [2.05, 4.69) is 63.1 Å². The molecule has 3 rings (SSSR count). The lowest BCUT2D eigenvalue weighted by atomic mass is 10.0. The highest BCUT2D eigenvalue weighted by atomic mass is 16.1. The van der Waals surface area contributed by atoms with Crippen LogP contribution in [0.15, 0.2) is 47.3 Å². The van der Waals surface area contributed by atoms with E-state index < -0.39 is 0 Å². The summed E-state index contributed by atoms with van der Waals surface area (Å²) < 4.78 is 1.69. The smallest absolute Gasteiger partial charge is 0.275 e. The molecule has 0 saturated carbocycles. The van der Waals surface area contributed by atoms with Crippen molar-refractivity contribution in [1.29, 1.82) is 0 Å². The van der Waals surface area contributed by atoms with Gasteiger partial charge in [0.2, 0.25) is 0 Å². The van der Waals surface area contributed by atoms with Crippen LogP contribution < -0.4 is 5.56 Å². The van der Waals surface area contributed by atoms with Gasteiger partial charge in [-0.3, -0.25) is 9.89 Å². The quantitative estimate of drug-likeness (QED) is 0.692. The maximum atomic E-state index is 13.1. The van der Waals surface area contributed by atoms with Crippen LogP contribution in [0.25, 0.3) is 16.9 Å². The monoisotopic (exact) mass is 334 g/mol. The largest absolute Gasteiger partial charge is 0.290 e. The fraction of sp³-hybridized carbons (Fsp3) is 0.318. The third kappa shape index (κ3) is 3.46. The lowest BCUT2D eigenvalue weighted by molar-refractivity contribution is 0.786. The zero-order chi connectivity index (χ0) is 18.0. The van der Waals surface area contributed by atoms with Crippen LogP contribution in [-0.2, 0) is 6.42 Å². The van der Waals surface area contributed by atoms with E-state index in [-0.39, 0.29) is 5.56 Å². The fourth-order valence-corrected chi connectivity index (χ4v) is 3.14. The molecule has 1 aromatic heterocycles. The Morgan fingerprint density at radius 3 is 2.48 bits per heavy atom. The Hall–Kier alpha value is -2.55. The second-order valence-electron chi connectivity index (χ2n) is 6.85. The van der Waals surface area contributed by atoms with Crippen LogP contribution in [0, 0.1) is 20.8 Å². The molecule has 0 amide bonds. The molecule has 0 aliphatic rings. The van der Waals surface area contributed by atoms with Crippen molar-refractivity contribution in [2.24, 2.45) is 0 Å². The molecule has 0 saturated heterocycles. The first-order valence-electron chi connectivity index (χ1n) is 9.00. The molecular formula is C22H26N2O. The molecule has 0 atom stereocenters. The van der Waals surface area contributed by atoms with Gasteiger partial charge in [-0.15, -0.1) is 0 Å². The third-order valence-corrected chi connectivity index (χ3v) is 4.82. The van der Waals surface area contributed by atoms with Gasteiger partial charge in [-0.1, -0.05) is 43.2 Å². The first kappa shape index (κ1) is 17.3. The summed E-state index contributed by atoms with van der Waals surface area (Å²) in [6.07, 6.45) is 2.88. The van der Waals surface area contributed by atoms with Gasteiger partial charge in [0.05, 0.1) is 11.4 Å². The van der Waals surface area contributed by atoms with Gasteiger partial charge in [-0.05, 0) is 62.9 Å². The van der Waals surface area contributed by atoms with E-state index in [9.17, 15) is 4.79 Å². The van der Waals surface area contributed by atoms with E-state index in [0.717, 1.165) is 41.8 Å². The summed E-state index contributed by atoms with van der Waals surface area (Å²) in [5, 5.41) is 3.37. The van der Waals surface area contributed by atoms with Gasteiger partial charge in [-0.2, -0.15) is 0 Å². The molecule has 1 N–H and O–H groups in total. The molecule has 0 aliphatic heterocycles. The number of aromatic amines is 1. The van der Waals surface area contributed by atoms with E-state index in [4.69, 9.17) is 0 Å². The van der Waals surface area contributed by atoms with Crippen molar-refractivity contribution in [2.75, 3.05) is 0 Å². The normalized spacial score (nSPS) is 11.0. The zero-order valence-electron chi connectivity index (χ0n) is 15.5. The average Bonchev–Trinajstić information content (AvgIpc) is 2.92. The van der Waals surface area contributed by atoms with Crippen molar-refractivity contribution in [3.8, 4) is 16.9 Å². The average molecular weight is 334 g/mol. The Morgan fingerprint density at radius 1 is 1.00 bits per heavy atom. The predicted octanol–water partition coefficient (Wildman–Crippen LogP) is 5.10. The number of hydrogen-bond donors (Lipinski definition) is 1. The third-order valence-electron chi connectivity index (χ3n) is 4.82. The summed E-state index contributed by atoms with van der Waals surface area (Å²) in [6.45, 7) is 8.39. The lowest BCUT2D eigenvalue weighted by Gasteiger charge is -2.06. The van der Waals surface area contributed by atoms with Gasteiger partial charge < -0.3 is 0 Å². The Kier molecular flexibility index (Phi) is 4.93. The second-order valence-corrected chi connectivity index (χ2v) is 6.85. The summed E-state index contributed by atoms with van der Waals surface area (Å²) in [4.78, 5) is 13.1. The zero-order valence-corrected chi connectivity index (χ0v) is 15.5. The van der Waals surface area contributed by atoms with E-state index in [1.807, 2.05) is 12.1 Å². The highest BCUT2D eigenvalue weighted by molar-refractivity contribution is 5.64. The van der Waals surface area contributed by atoms with E-state index in [1.54, 1.807) is 4.68 Å². The van der Waals surface area contributed by atoms with Crippen LogP contribution in [-0.4, -0.2) is 9.78 Å². The van der Waals surface area contributed by atoms with Crippen molar-refractivity contribution in [3.63, 3.8) is 0 Å². The maximum absolute atomic E-state index is 13.1. The van der Waals surface area contributed by atoms with Crippen LogP contribution >= 0.6 is 0 Å². The molecule has 3 heteroatoms. The number of benzene rings is 2. The molecule has 0 bridgehead atoms. The van der Waals surface area contributed by atoms with Gasteiger partial charge in [0.1, 0.15) is 0 Å². The molecule has 3 aromatic rings. The maximum Gasteiger partial charge on any atom is 0.275 e. The van der Waals surface area contributed by atoms with Crippen LogP contribution in [0.3, 0.4) is 0 Å². The molecule has 3 nitrogen and oxygen atoms in total. The molecule has 0 aliphatic carbocycles. The molecule has 1 heterocycles. The number of H-pyrrole nitrogens is 1. The van der Waals surface area contributed by atoms with Crippen LogP contribution in [0.2, 0.25) is 0 Å². The summed E-state index contributed by atoms with van der Waals surface area (Å²) in [6, 6.07) is 14.5. The fourth-order valence-electron chi connectivity index (χ4n) is 3.14. The second kappa shape index (κ2) is 7.14. The van der Waals surface area contributed by atoms with Crippen LogP contribution in [0.1, 0.15) is 42.0 Å². The number of unbranched alkanes of at least 4 members (excludes halogenated alkanes) is 1. The first-order chi connectivity index (χ1) is 12.0. The number of aryl methyl sites for hydroxylation is 3. The Balaban J connectivity index is 2.17. The highest BCUT2D eigenvalue weighted by Gasteiger charge is 2.16. The van der Waals surface area contributed by atoms with Crippen molar-refractivity contribution in [1.82, 2.24) is 9.78 Å². The number of rotatable bonds is 5. The Morgan fingerprint density at radius 2 is 1.80 bits per heavy atom. The van der Waals surface area contributed by atoms with Gasteiger partial charge in [0, 0.05) is 11.1 Å². The van der Waals surface area contributed by atoms with Gasteiger partial charge in [0.25, 0.3) is 5.56 Å². The van der Waals surface area contributed by atoms with Crippen molar-refractivity contribution in [2.45, 2.75) is 47.0 Å². The van der Waals surface area contributed by atoms with Crippen molar-refractivity contribution in [3.05, 3.63) is 75.1 Å². The molecule has 25 heavy (non-hydrogen) atoms.